The Kier molecular flexibility index (Phi) is 8.97. The van der Waals surface area contributed by atoms with E-state index in [1.165, 1.54) is 34.7 Å². The highest BCUT2D eigenvalue weighted by Crippen LogP contribution is 2.36. The number of rotatable bonds is 10. The van der Waals surface area contributed by atoms with Gasteiger partial charge in [-0.15, -0.1) is 11.3 Å². The van der Waals surface area contributed by atoms with Gasteiger partial charge >= 0.3 is 0 Å². The molecule has 226 valence electrons. The predicted octanol–water partition coefficient (Wildman–Crippen LogP) is 5.06. The van der Waals surface area contributed by atoms with Crippen molar-refractivity contribution in [1.82, 2.24) is 29.3 Å². The number of aromatic nitrogens is 3. The first-order valence-electron chi connectivity index (χ1n) is 14.6. The number of likely N-dealkylation sites (tertiary alicyclic amines) is 1. The van der Waals surface area contributed by atoms with E-state index < -0.39 is 10.0 Å². The van der Waals surface area contributed by atoms with Crippen molar-refractivity contribution in [3.05, 3.63) is 80.9 Å². The van der Waals surface area contributed by atoms with Crippen molar-refractivity contribution >= 4 is 38.9 Å². The molecule has 2 aliphatic heterocycles. The van der Waals surface area contributed by atoms with Gasteiger partial charge in [0.1, 0.15) is 5.01 Å². The molecule has 0 spiro atoms. The Morgan fingerprint density at radius 2 is 1.91 bits per heavy atom. The number of hydrogen-bond donors (Lipinski definition) is 1. The fourth-order valence-electron chi connectivity index (χ4n) is 5.94. The number of nitrogens with one attached hydrogen (secondary N) is 1. The molecule has 4 heterocycles. The van der Waals surface area contributed by atoms with E-state index in [2.05, 4.69) is 19.9 Å². The van der Waals surface area contributed by atoms with Crippen LogP contribution in [-0.4, -0.2) is 70.7 Å². The number of nitrogens with zero attached hydrogens (tertiary/aromatic N) is 5. The Balaban J connectivity index is 1.30. The Hall–Kier alpha value is -3.09. The number of halogens is 1. The van der Waals surface area contributed by atoms with Gasteiger partial charge in [0, 0.05) is 70.6 Å². The van der Waals surface area contributed by atoms with Crippen LogP contribution < -0.4 is 5.32 Å². The van der Waals surface area contributed by atoms with Crippen molar-refractivity contribution < 1.29 is 13.2 Å². The zero-order valence-electron chi connectivity index (χ0n) is 24.1. The quantitative estimate of drug-likeness (QED) is 0.261. The summed E-state index contributed by atoms with van der Waals surface area (Å²) in [6.07, 6.45) is 7.13. The number of carbonyl (C=O) groups is 1. The van der Waals surface area contributed by atoms with E-state index in [9.17, 15) is 13.2 Å². The van der Waals surface area contributed by atoms with Crippen LogP contribution in [0.15, 0.2) is 54.0 Å². The zero-order valence-corrected chi connectivity index (χ0v) is 26.5. The molecule has 0 bridgehead atoms. The Morgan fingerprint density at radius 3 is 2.67 bits per heavy atom. The van der Waals surface area contributed by atoms with Crippen LogP contribution in [0.5, 0.6) is 0 Å². The van der Waals surface area contributed by atoms with Crippen LogP contribution in [0.2, 0.25) is 5.02 Å². The third kappa shape index (κ3) is 6.86. The molecular formula is C31H35ClN6O3S2. The van der Waals surface area contributed by atoms with Crippen LogP contribution in [0.1, 0.15) is 45.9 Å². The predicted molar refractivity (Wildman–Crippen MR) is 171 cm³/mol. The van der Waals surface area contributed by atoms with Crippen LogP contribution in [0.3, 0.4) is 0 Å². The Morgan fingerprint density at radius 1 is 1.07 bits per heavy atom. The van der Waals surface area contributed by atoms with Crippen molar-refractivity contribution in [2.24, 2.45) is 0 Å². The Bertz CT molecular complexity index is 1720. The van der Waals surface area contributed by atoms with E-state index in [1.807, 2.05) is 41.8 Å². The highest BCUT2D eigenvalue weighted by molar-refractivity contribution is 7.88. The van der Waals surface area contributed by atoms with E-state index in [1.54, 1.807) is 12.3 Å². The molecule has 1 fully saturated rings. The van der Waals surface area contributed by atoms with Crippen LogP contribution in [0, 0.1) is 0 Å². The molecule has 43 heavy (non-hydrogen) atoms. The summed E-state index contributed by atoms with van der Waals surface area (Å²) >= 11 is 8.21. The Labute approximate surface area is 261 Å². The minimum Gasteiger partial charge on any atom is -0.346 e. The van der Waals surface area contributed by atoms with Gasteiger partial charge in [-0.3, -0.25) is 9.48 Å². The van der Waals surface area contributed by atoms with E-state index >= 15 is 0 Å². The molecular weight excluding hydrogens is 604 g/mol. The number of amides is 1. The first-order valence-corrected chi connectivity index (χ1v) is 17.7. The average Bonchev–Trinajstić information content (AvgIpc) is 3.78. The SMILES string of the molecule is CS(=O)(=O)N1CCc2c(c(-c3ccc(Cl)c(-c4cccc(C(=O)NCc5nccs5)c4)c3)nn2CCCN2CCCC2)C1. The number of hydrogen-bond acceptors (Lipinski definition) is 7. The molecule has 2 aromatic heterocycles. The lowest BCUT2D eigenvalue weighted by molar-refractivity contribution is 0.0951. The molecule has 0 aliphatic carbocycles. The molecule has 1 saturated heterocycles. The fourth-order valence-corrected chi connectivity index (χ4v) is 7.51. The van der Waals surface area contributed by atoms with Crippen LogP contribution in [0.4, 0.5) is 0 Å². The van der Waals surface area contributed by atoms with Gasteiger partial charge in [-0.05, 0) is 68.7 Å². The first-order chi connectivity index (χ1) is 20.8. The van der Waals surface area contributed by atoms with Gasteiger partial charge in [-0.2, -0.15) is 9.40 Å². The van der Waals surface area contributed by atoms with E-state index in [-0.39, 0.29) is 5.91 Å². The maximum absolute atomic E-state index is 12.9. The minimum atomic E-state index is -3.35. The number of benzene rings is 2. The van der Waals surface area contributed by atoms with E-state index in [0.29, 0.717) is 36.6 Å². The van der Waals surface area contributed by atoms with Gasteiger partial charge in [0.2, 0.25) is 10.0 Å². The number of carbonyl (C=O) groups excluding carboxylic acids is 1. The van der Waals surface area contributed by atoms with Gasteiger partial charge in [0.25, 0.3) is 5.91 Å². The van der Waals surface area contributed by atoms with Gasteiger partial charge in [-0.1, -0.05) is 29.8 Å². The van der Waals surface area contributed by atoms with Crippen LogP contribution in [0.25, 0.3) is 22.4 Å². The van der Waals surface area contributed by atoms with Crippen molar-refractivity contribution in [3.8, 4) is 22.4 Å². The monoisotopic (exact) mass is 638 g/mol. The van der Waals surface area contributed by atoms with Gasteiger partial charge in [0.05, 0.1) is 18.5 Å². The van der Waals surface area contributed by atoms with Crippen molar-refractivity contribution in [3.63, 3.8) is 0 Å². The molecule has 0 radical (unpaired) electrons. The maximum atomic E-state index is 12.9. The molecule has 1 N–H and O–H groups in total. The number of sulfonamides is 1. The van der Waals surface area contributed by atoms with Crippen molar-refractivity contribution in [2.45, 2.75) is 45.3 Å². The summed E-state index contributed by atoms with van der Waals surface area (Å²) in [5, 5.41) is 11.3. The maximum Gasteiger partial charge on any atom is 0.251 e. The third-order valence-corrected chi connectivity index (χ3v) is 10.5. The summed E-state index contributed by atoms with van der Waals surface area (Å²) in [7, 11) is -3.35. The molecule has 1 amide bonds. The topological polar surface area (TPSA) is 100 Å². The number of aryl methyl sites for hydroxylation is 1. The summed E-state index contributed by atoms with van der Waals surface area (Å²) in [4.78, 5) is 19.6. The van der Waals surface area contributed by atoms with Crippen molar-refractivity contribution in [2.75, 3.05) is 32.4 Å². The number of fused-ring (bicyclic) bond motifs is 1. The molecule has 9 nitrogen and oxygen atoms in total. The fraction of sp³-hybridized carbons (Fsp3) is 0.387. The van der Waals surface area contributed by atoms with Gasteiger partial charge < -0.3 is 10.2 Å². The van der Waals surface area contributed by atoms with Crippen molar-refractivity contribution in [1.29, 1.82) is 0 Å². The highest BCUT2D eigenvalue weighted by Gasteiger charge is 2.30. The first kappa shape index (κ1) is 30.0. The van der Waals surface area contributed by atoms with Crippen LogP contribution in [-0.2, 0) is 36.1 Å². The lowest BCUT2D eigenvalue weighted by Crippen LogP contribution is -2.35. The number of thiazole rings is 1. The molecule has 2 aliphatic rings. The molecule has 0 atom stereocenters. The third-order valence-electron chi connectivity index (χ3n) is 8.17. The van der Waals surface area contributed by atoms with Gasteiger partial charge in [0.15, 0.2) is 0 Å². The second-order valence-corrected chi connectivity index (χ2v) is 14.5. The average molecular weight is 639 g/mol. The smallest absolute Gasteiger partial charge is 0.251 e. The summed E-state index contributed by atoms with van der Waals surface area (Å²) < 4.78 is 28.6. The molecule has 4 aromatic rings. The highest BCUT2D eigenvalue weighted by atomic mass is 35.5. The molecule has 0 saturated carbocycles. The standard InChI is InChI=1S/C31H35ClN6O3S2/c1-43(40,41)37-16-10-28-26(21-37)30(35-38(28)15-5-14-36-12-2-3-13-36)23-8-9-27(32)25(19-23)22-6-4-7-24(18-22)31(39)34-20-29-33-11-17-42-29/h4,6-9,11,17-19H,2-3,5,10,12-16,20-21H2,1H3,(H,34,39). The largest absolute Gasteiger partial charge is 0.346 e. The summed E-state index contributed by atoms with van der Waals surface area (Å²) in [5.74, 6) is -0.188. The molecule has 12 heteroatoms. The molecule has 6 rings (SSSR count). The van der Waals surface area contributed by atoms with Crippen LogP contribution >= 0.6 is 22.9 Å². The summed E-state index contributed by atoms with van der Waals surface area (Å²) in [6, 6.07) is 13.2. The summed E-state index contributed by atoms with van der Waals surface area (Å²) in [6.45, 7) is 5.26. The molecule has 2 aromatic carbocycles. The minimum absolute atomic E-state index is 0.188. The second kappa shape index (κ2) is 12.9. The zero-order chi connectivity index (χ0) is 30.0. The lowest BCUT2D eigenvalue weighted by Gasteiger charge is -2.26. The lowest BCUT2D eigenvalue weighted by atomic mass is 9.97. The van der Waals surface area contributed by atoms with Gasteiger partial charge in [-0.25, -0.2) is 13.4 Å². The summed E-state index contributed by atoms with van der Waals surface area (Å²) in [5.41, 5.74) is 5.81. The van der Waals surface area contributed by atoms with E-state index in [4.69, 9.17) is 16.7 Å². The second-order valence-electron chi connectivity index (χ2n) is 11.1. The molecule has 0 unspecified atom stereocenters. The van der Waals surface area contributed by atoms with E-state index in [0.717, 1.165) is 71.2 Å². The normalized spacial score (nSPS) is 16.0.